The molecule has 0 aromatic heterocycles. The molecule has 1 aromatic carbocycles. The van der Waals surface area contributed by atoms with Crippen molar-refractivity contribution in [3.05, 3.63) is 54.1 Å². The van der Waals surface area contributed by atoms with Crippen LogP contribution in [-0.2, 0) is 4.74 Å². The molecule has 2 unspecified atom stereocenters. The number of hydrogen-bond donors (Lipinski definition) is 1. The van der Waals surface area contributed by atoms with E-state index in [1.54, 1.807) is 0 Å². The van der Waals surface area contributed by atoms with Crippen LogP contribution in [0.2, 0.25) is 0 Å². The van der Waals surface area contributed by atoms with Gasteiger partial charge in [-0.25, -0.2) is 0 Å². The Kier molecular flexibility index (Phi) is 5.41. The number of rotatable bonds is 6. The van der Waals surface area contributed by atoms with Crippen LogP contribution in [0.3, 0.4) is 0 Å². The lowest BCUT2D eigenvalue weighted by Gasteiger charge is -2.38. The Hall–Kier alpha value is -1.09. The summed E-state index contributed by atoms with van der Waals surface area (Å²) in [5.41, 5.74) is 1.71. The van der Waals surface area contributed by atoms with E-state index in [0.29, 0.717) is 12.5 Å². The smallest absolute Gasteiger partial charge is 0.116 e. The van der Waals surface area contributed by atoms with E-state index in [1.807, 2.05) is 30.4 Å². The molecule has 0 saturated carbocycles. The van der Waals surface area contributed by atoms with Crippen LogP contribution in [0.1, 0.15) is 18.9 Å². The van der Waals surface area contributed by atoms with Gasteiger partial charge in [0.25, 0.3) is 0 Å². The third kappa shape index (κ3) is 3.14. The first-order chi connectivity index (χ1) is 9.73. The minimum atomic E-state index is -0.647. The molecule has 0 bridgehead atoms. The SMILES string of the molecule is CC1C(c2ccccc2)=CC=CC1(CO)OCCCCl. The van der Waals surface area contributed by atoms with Crippen molar-refractivity contribution in [1.82, 2.24) is 0 Å². The molecule has 20 heavy (non-hydrogen) atoms. The summed E-state index contributed by atoms with van der Waals surface area (Å²) in [7, 11) is 0. The van der Waals surface area contributed by atoms with E-state index >= 15 is 0 Å². The van der Waals surface area contributed by atoms with E-state index in [0.717, 1.165) is 6.42 Å². The Morgan fingerprint density at radius 3 is 2.70 bits per heavy atom. The van der Waals surface area contributed by atoms with Gasteiger partial charge < -0.3 is 9.84 Å². The summed E-state index contributed by atoms with van der Waals surface area (Å²) in [6.07, 6.45) is 6.81. The van der Waals surface area contributed by atoms with Crippen LogP contribution < -0.4 is 0 Å². The zero-order valence-electron chi connectivity index (χ0n) is 11.8. The Balaban J connectivity index is 2.22. The van der Waals surface area contributed by atoms with Crippen molar-refractivity contribution in [2.75, 3.05) is 19.1 Å². The van der Waals surface area contributed by atoms with Gasteiger partial charge in [-0.05, 0) is 23.6 Å². The maximum atomic E-state index is 9.84. The number of alkyl halides is 1. The molecule has 108 valence electrons. The number of aliphatic hydroxyl groups excluding tert-OH is 1. The molecule has 1 aliphatic carbocycles. The third-order valence-electron chi connectivity index (χ3n) is 3.86. The highest BCUT2D eigenvalue weighted by Gasteiger charge is 2.38. The molecule has 3 heteroatoms. The van der Waals surface area contributed by atoms with E-state index < -0.39 is 5.60 Å². The molecular formula is C17H21ClO2. The van der Waals surface area contributed by atoms with Gasteiger partial charge in [0.15, 0.2) is 0 Å². The van der Waals surface area contributed by atoms with Crippen LogP contribution in [0.25, 0.3) is 5.57 Å². The van der Waals surface area contributed by atoms with E-state index in [4.69, 9.17) is 16.3 Å². The lowest BCUT2D eigenvalue weighted by atomic mass is 9.77. The lowest BCUT2D eigenvalue weighted by molar-refractivity contribution is -0.0654. The summed E-state index contributed by atoms with van der Waals surface area (Å²) in [4.78, 5) is 0. The second-order valence-electron chi connectivity index (χ2n) is 5.07. The van der Waals surface area contributed by atoms with Gasteiger partial charge in [-0.3, -0.25) is 0 Å². The van der Waals surface area contributed by atoms with Gasteiger partial charge in [-0.1, -0.05) is 49.4 Å². The maximum Gasteiger partial charge on any atom is 0.116 e. The van der Waals surface area contributed by atoms with Crippen molar-refractivity contribution in [3.63, 3.8) is 0 Å². The minimum Gasteiger partial charge on any atom is -0.393 e. The second-order valence-corrected chi connectivity index (χ2v) is 5.45. The molecule has 2 rings (SSSR count). The van der Waals surface area contributed by atoms with Crippen LogP contribution >= 0.6 is 11.6 Å². The lowest BCUT2D eigenvalue weighted by Crippen LogP contribution is -2.43. The van der Waals surface area contributed by atoms with Crippen LogP contribution in [0.5, 0.6) is 0 Å². The minimum absolute atomic E-state index is 0.0306. The summed E-state index contributed by atoms with van der Waals surface area (Å²) < 4.78 is 5.96. The molecule has 0 aliphatic heterocycles. The molecule has 0 spiro atoms. The predicted molar refractivity (Wildman–Crippen MR) is 83.8 cm³/mol. The monoisotopic (exact) mass is 292 g/mol. The summed E-state index contributed by atoms with van der Waals surface area (Å²) >= 11 is 5.70. The predicted octanol–water partition coefficient (Wildman–Crippen LogP) is 3.65. The van der Waals surface area contributed by atoms with Gasteiger partial charge in [-0.2, -0.15) is 0 Å². The Labute approximate surface area is 125 Å². The van der Waals surface area contributed by atoms with Crippen molar-refractivity contribution >= 4 is 17.2 Å². The fourth-order valence-electron chi connectivity index (χ4n) is 2.57. The first-order valence-electron chi connectivity index (χ1n) is 6.99. The summed E-state index contributed by atoms with van der Waals surface area (Å²) in [6.45, 7) is 2.62. The van der Waals surface area contributed by atoms with Gasteiger partial charge in [0.1, 0.15) is 5.60 Å². The van der Waals surface area contributed by atoms with Crippen LogP contribution in [0.4, 0.5) is 0 Å². The summed E-state index contributed by atoms with van der Waals surface area (Å²) in [5.74, 6) is 0.663. The highest BCUT2D eigenvalue weighted by atomic mass is 35.5. The highest BCUT2D eigenvalue weighted by Crippen LogP contribution is 2.38. The zero-order valence-corrected chi connectivity index (χ0v) is 12.5. The second kappa shape index (κ2) is 7.07. The fourth-order valence-corrected chi connectivity index (χ4v) is 2.68. The van der Waals surface area contributed by atoms with Crippen LogP contribution in [0, 0.1) is 5.92 Å². The van der Waals surface area contributed by atoms with Crippen molar-refractivity contribution < 1.29 is 9.84 Å². The summed E-state index contributed by atoms with van der Waals surface area (Å²) in [5, 5.41) is 9.84. The van der Waals surface area contributed by atoms with Gasteiger partial charge in [-0.15, -0.1) is 11.6 Å². The molecule has 2 atom stereocenters. The van der Waals surface area contributed by atoms with Crippen LogP contribution in [0.15, 0.2) is 48.6 Å². The van der Waals surface area contributed by atoms with Gasteiger partial charge in [0.05, 0.1) is 6.61 Å². The number of ether oxygens (including phenoxy) is 1. The van der Waals surface area contributed by atoms with Gasteiger partial charge >= 0.3 is 0 Å². The standard InChI is InChI=1S/C17H21ClO2/c1-14-16(15-7-3-2-4-8-15)9-5-10-17(14,13-19)20-12-6-11-18/h2-5,7-10,14,19H,6,11-13H2,1H3. The first-order valence-corrected chi connectivity index (χ1v) is 7.52. The number of halogens is 1. The van der Waals surface area contributed by atoms with Gasteiger partial charge in [0.2, 0.25) is 0 Å². The molecule has 0 saturated heterocycles. The van der Waals surface area contributed by atoms with Crippen molar-refractivity contribution in [2.45, 2.75) is 18.9 Å². The van der Waals surface area contributed by atoms with E-state index in [9.17, 15) is 5.11 Å². The normalized spacial score (nSPS) is 25.6. The topological polar surface area (TPSA) is 29.5 Å². The maximum absolute atomic E-state index is 9.84. The van der Waals surface area contributed by atoms with Crippen molar-refractivity contribution in [1.29, 1.82) is 0 Å². The third-order valence-corrected chi connectivity index (χ3v) is 4.12. The number of benzene rings is 1. The number of aliphatic hydroxyl groups is 1. The molecule has 0 radical (unpaired) electrons. The molecule has 2 nitrogen and oxygen atoms in total. The fraction of sp³-hybridized carbons (Fsp3) is 0.412. The van der Waals surface area contributed by atoms with Crippen LogP contribution in [-0.4, -0.2) is 29.8 Å². The quantitative estimate of drug-likeness (QED) is 0.640. The van der Waals surface area contributed by atoms with Crippen molar-refractivity contribution in [3.8, 4) is 0 Å². The average Bonchev–Trinajstić information content (AvgIpc) is 2.50. The number of hydrogen-bond acceptors (Lipinski definition) is 2. The average molecular weight is 293 g/mol. The summed E-state index contributed by atoms with van der Waals surface area (Å²) in [6, 6.07) is 10.2. The zero-order chi connectivity index (χ0) is 14.4. The molecule has 1 aliphatic rings. The molecule has 1 aromatic rings. The Morgan fingerprint density at radius 2 is 2.05 bits per heavy atom. The van der Waals surface area contributed by atoms with E-state index in [-0.39, 0.29) is 12.5 Å². The van der Waals surface area contributed by atoms with E-state index in [1.165, 1.54) is 11.1 Å². The first kappa shape index (κ1) is 15.3. The Morgan fingerprint density at radius 1 is 1.30 bits per heavy atom. The van der Waals surface area contributed by atoms with Crippen molar-refractivity contribution in [2.24, 2.45) is 5.92 Å². The number of allylic oxidation sites excluding steroid dienone is 2. The molecule has 0 amide bonds. The molecule has 0 fully saturated rings. The van der Waals surface area contributed by atoms with Gasteiger partial charge in [0, 0.05) is 18.4 Å². The molecule has 0 heterocycles. The molecular weight excluding hydrogens is 272 g/mol. The highest BCUT2D eigenvalue weighted by molar-refractivity contribution is 6.17. The molecule has 1 N–H and O–H groups in total. The van der Waals surface area contributed by atoms with E-state index in [2.05, 4.69) is 25.1 Å². The Bertz CT molecular complexity index is 481. The largest absolute Gasteiger partial charge is 0.393 e.